The number of carbonyl (C=O) groups is 6. The molecule has 4 aromatic carbocycles. The van der Waals surface area contributed by atoms with E-state index in [1.54, 1.807) is 48.5 Å². The van der Waals surface area contributed by atoms with Gasteiger partial charge in [-0.2, -0.15) is 0 Å². The average Bonchev–Trinajstić information content (AvgIpc) is 3.39. The fraction of sp³-hybridized carbons (Fsp3) is 0.452. The van der Waals surface area contributed by atoms with Gasteiger partial charge in [0, 0.05) is 85.8 Å². The third-order valence-corrected chi connectivity index (χ3v) is 13.3. The number of ether oxygens (including phenoxy) is 4. The Morgan fingerprint density at radius 2 is 0.649 bits per heavy atom. The van der Waals surface area contributed by atoms with Crippen molar-refractivity contribution in [3.05, 3.63) is 141 Å². The van der Waals surface area contributed by atoms with Crippen molar-refractivity contribution in [2.24, 2.45) is 0 Å². The molecular weight excluding hydrogens is 937 g/mol. The number of ketones is 4. The number of phenols is 2. The maximum atomic E-state index is 14.2. The van der Waals surface area contributed by atoms with Crippen LogP contribution in [0.3, 0.4) is 0 Å². The highest BCUT2D eigenvalue weighted by molar-refractivity contribution is 5.99. The summed E-state index contributed by atoms with van der Waals surface area (Å²) >= 11 is 0. The van der Waals surface area contributed by atoms with E-state index in [4.69, 9.17) is 18.9 Å². The van der Waals surface area contributed by atoms with Crippen LogP contribution in [0.5, 0.6) is 23.0 Å². The molecule has 0 amide bonds. The van der Waals surface area contributed by atoms with Gasteiger partial charge >= 0.3 is 11.9 Å². The standard InChI is InChI=1S/C62H76O12/c1-7-13-17-21-53(63)41-29-45-37-49-33-43(55(65)23-19-15-9-3)35-51(61(49)73-27-25-71-57(67)11-5)39-47-31-42(54(64)22-18-14-8-2)32-48(60(47)70)40-52-36-44(56(66)24-20-16-10-4)34-50(38-46(30-41)59(45)69)62(52)74-28-26-72-58(68)12-6/h11-12,29-36,69-70H,5-10,13-28,37-40H2,1-4H3. The summed E-state index contributed by atoms with van der Waals surface area (Å²) in [4.78, 5) is 81.0. The Morgan fingerprint density at radius 3 is 0.878 bits per heavy atom. The molecule has 2 N–H and O–H groups in total. The molecule has 0 heterocycles. The van der Waals surface area contributed by atoms with Crippen molar-refractivity contribution < 1.29 is 57.9 Å². The van der Waals surface area contributed by atoms with Crippen molar-refractivity contribution in [2.75, 3.05) is 26.4 Å². The van der Waals surface area contributed by atoms with E-state index in [1.807, 2.05) is 0 Å². The number of esters is 2. The highest BCUT2D eigenvalue weighted by Crippen LogP contribution is 2.41. The van der Waals surface area contributed by atoms with Gasteiger partial charge in [0.05, 0.1) is 0 Å². The van der Waals surface area contributed by atoms with Crippen LogP contribution >= 0.6 is 0 Å². The lowest BCUT2D eigenvalue weighted by Crippen LogP contribution is -2.15. The number of benzene rings is 4. The van der Waals surface area contributed by atoms with E-state index in [0.29, 0.717) is 104 Å². The second kappa shape index (κ2) is 29.8. The summed E-state index contributed by atoms with van der Waals surface area (Å²) in [5.74, 6) is -1.32. The minimum atomic E-state index is -0.637. The molecule has 0 spiro atoms. The van der Waals surface area contributed by atoms with E-state index >= 15 is 0 Å². The minimum absolute atomic E-state index is 0.0216. The molecule has 0 fully saturated rings. The van der Waals surface area contributed by atoms with E-state index in [2.05, 4.69) is 40.9 Å². The lowest BCUT2D eigenvalue weighted by Gasteiger charge is -2.23. The molecular formula is C62H76O12. The summed E-state index contributed by atoms with van der Waals surface area (Å²) in [7, 11) is 0. The van der Waals surface area contributed by atoms with Crippen LogP contribution in [0.15, 0.2) is 73.8 Å². The zero-order valence-electron chi connectivity index (χ0n) is 44.1. The zero-order valence-corrected chi connectivity index (χ0v) is 44.1. The fourth-order valence-corrected chi connectivity index (χ4v) is 9.34. The van der Waals surface area contributed by atoms with Gasteiger partial charge in [-0.15, -0.1) is 0 Å². The van der Waals surface area contributed by atoms with Crippen LogP contribution in [-0.2, 0) is 44.7 Å². The van der Waals surface area contributed by atoms with Crippen LogP contribution in [0, 0.1) is 0 Å². The summed E-state index contributed by atoms with van der Waals surface area (Å²) in [5.41, 5.74) is 4.97. The summed E-state index contributed by atoms with van der Waals surface area (Å²) in [6.45, 7) is 14.7. The number of Topliss-reactive ketones (excluding diaryl/α,β-unsaturated/α-hetero) is 4. The Labute approximate surface area is 437 Å². The van der Waals surface area contributed by atoms with Gasteiger partial charge in [0.15, 0.2) is 23.1 Å². The number of hydrogen-bond acceptors (Lipinski definition) is 12. The first-order valence-corrected chi connectivity index (χ1v) is 26.7. The Morgan fingerprint density at radius 1 is 0.405 bits per heavy atom. The smallest absolute Gasteiger partial charge is 0.330 e. The van der Waals surface area contributed by atoms with Crippen LogP contribution in [-0.4, -0.2) is 71.7 Å². The SMILES string of the molecule is C=CC(=O)OCCOc1c2cc(C(=O)CCCCC)cc1Cc1cc(C(=O)CCCCC)cc(c1O)Cc1cc(C(=O)CCCCC)cc(c1OCCOC(=O)C=C)Cc1cc(C(=O)CCCCC)cc(c1O)C2. The van der Waals surface area contributed by atoms with Gasteiger partial charge in [-0.25, -0.2) is 9.59 Å². The van der Waals surface area contributed by atoms with Crippen molar-refractivity contribution in [1.82, 2.24) is 0 Å². The summed E-state index contributed by atoms with van der Waals surface area (Å²) in [6, 6.07) is 13.7. The van der Waals surface area contributed by atoms with Crippen molar-refractivity contribution >= 4 is 35.1 Å². The molecule has 0 saturated carbocycles. The highest BCUT2D eigenvalue weighted by atomic mass is 16.6. The number of rotatable bonds is 30. The molecule has 1 aliphatic rings. The van der Waals surface area contributed by atoms with E-state index in [-0.39, 0.29) is 112 Å². The summed E-state index contributed by atoms with van der Waals surface area (Å²) < 4.78 is 23.7. The van der Waals surface area contributed by atoms with Gasteiger partial charge in [-0.3, -0.25) is 19.2 Å². The molecule has 12 heteroatoms. The van der Waals surface area contributed by atoms with Crippen LogP contribution in [0.1, 0.15) is 216 Å². The first kappa shape index (κ1) is 58.1. The quantitative estimate of drug-likeness (QED) is 0.0193. The first-order chi connectivity index (χ1) is 35.7. The van der Waals surface area contributed by atoms with Gasteiger partial charge in [0.1, 0.15) is 49.4 Å². The third kappa shape index (κ3) is 16.6. The molecule has 0 atom stereocenters. The topological polar surface area (TPSA) is 180 Å². The maximum absolute atomic E-state index is 14.2. The normalized spacial score (nSPS) is 11.8. The second-order valence-electron chi connectivity index (χ2n) is 19.2. The molecule has 12 nitrogen and oxygen atoms in total. The van der Waals surface area contributed by atoms with Gasteiger partial charge in [0.2, 0.25) is 0 Å². The second-order valence-corrected chi connectivity index (χ2v) is 19.2. The van der Waals surface area contributed by atoms with Crippen molar-refractivity contribution in [1.29, 1.82) is 0 Å². The lowest BCUT2D eigenvalue weighted by atomic mass is 9.86. The van der Waals surface area contributed by atoms with E-state index < -0.39 is 11.9 Å². The third-order valence-electron chi connectivity index (χ3n) is 13.3. The van der Waals surface area contributed by atoms with E-state index in [9.17, 15) is 39.0 Å². The fourth-order valence-electron chi connectivity index (χ4n) is 9.34. The number of aromatic hydroxyl groups is 2. The van der Waals surface area contributed by atoms with Crippen LogP contribution in [0.25, 0.3) is 0 Å². The molecule has 4 aromatic rings. The van der Waals surface area contributed by atoms with Gasteiger partial charge in [-0.1, -0.05) is 92.2 Å². The van der Waals surface area contributed by atoms with Crippen LogP contribution < -0.4 is 9.47 Å². The lowest BCUT2D eigenvalue weighted by molar-refractivity contribution is -0.139. The largest absolute Gasteiger partial charge is 0.507 e. The van der Waals surface area contributed by atoms with E-state index in [1.165, 1.54) is 0 Å². The van der Waals surface area contributed by atoms with Gasteiger partial charge < -0.3 is 29.2 Å². The molecule has 0 aromatic heterocycles. The molecule has 74 heavy (non-hydrogen) atoms. The molecule has 5 rings (SSSR count). The molecule has 0 saturated heterocycles. The predicted molar refractivity (Wildman–Crippen MR) is 288 cm³/mol. The summed E-state index contributed by atoms with van der Waals surface area (Å²) in [6.07, 6.45) is 12.9. The van der Waals surface area contributed by atoms with E-state index in [0.717, 1.165) is 63.5 Å². The Kier molecular flexibility index (Phi) is 23.4. The van der Waals surface area contributed by atoms with Gasteiger partial charge in [-0.05, 0) is 119 Å². The first-order valence-electron chi connectivity index (χ1n) is 26.7. The van der Waals surface area contributed by atoms with Crippen molar-refractivity contribution in [3.8, 4) is 23.0 Å². The summed E-state index contributed by atoms with van der Waals surface area (Å²) in [5, 5.41) is 25.1. The Balaban J connectivity index is 1.88. The monoisotopic (exact) mass is 1010 g/mol. The molecule has 396 valence electrons. The average molecular weight is 1010 g/mol. The number of fused-ring (bicyclic) bond motifs is 8. The Bertz CT molecular complexity index is 2380. The number of unbranched alkanes of at least 4 members (excludes halogenated alkanes) is 8. The molecule has 0 radical (unpaired) electrons. The molecule has 1 aliphatic carbocycles. The molecule has 8 bridgehead atoms. The van der Waals surface area contributed by atoms with Crippen LogP contribution in [0.4, 0.5) is 0 Å². The number of hydrogen-bond donors (Lipinski definition) is 2. The maximum Gasteiger partial charge on any atom is 0.330 e. The molecule has 0 aliphatic heterocycles. The highest BCUT2D eigenvalue weighted by Gasteiger charge is 2.26. The van der Waals surface area contributed by atoms with Crippen molar-refractivity contribution in [3.63, 3.8) is 0 Å². The van der Waals surface area contributed by atoms with Crippen LogP contribution in [0.2, 0.25) is 0 Å². The molecule has 0 unspecified atom stereocenters. The van der Waals surface area contributed by atoms with Crippen molar-refractivity contribution in [2.45, 2.75) is 156 Å². The predicted octanol–water partition coefficient (Wildman–Crippen LogP) is 13.0. The number of carbonyl (C=O) groups excluding carboxylic acids is 6. The minimum Gasteiger partial charge on any atom is -0.507 e. The van der Waals surface area contributed by atoms with Gasteiger partial charge in [0.25, 0.3) is 0 Å². The zero-order chi connectivity index (χ0) is 53.6. The Hall–Kier alpha value is -6.82. The number of phenolic OH excluding ortho intramolecular Hbond substituents is 2.